The number of nitro groups is 1. The highest BCUT2D eigenvalue weighted by atomic mass is 19.1. The molecule has 0 fully saturated rings. The molecule has 0 saturated carbocycles. The molecule has 32 heavy (non-hydrogen) atoms. The van der Waals surface area contributed by atoms with Crippen LogP contribution in [0.3, 0.4) is 0 Å². The summed E-state index contributed by atoms with van der Waals surface area (Å²) >= 11 is 0. The number of nitrogens with one attached hydrogen (secondary N) is 1. The fraction of sp³-hybridized carbons (Fsp3) is 0.240. The lowest BCUT2D eigenvalue weighted by Gasteiger charge is -2.36. The van der Waals surface area contributed by atoms with Gasteiger partial charge in [-0.15, -0.1) is 0 Å². The van der Waals surface area contributed by atoms with E-state index in [4.69, 9.17) is 0 Å². The maximum Gasteiger partial charge on any atom is 0.273 e. The summed E-state index contributed by atoms with van der Waals surface area (Å²) in [5, 5.41) is 14.4. The van der Waals surface area contributed by atoms with Crippen molar-refractivity contribution in [1.29, 1.82) is 0 Å². The van der Waals surface area contributed by atoms with E-state index in [0.717, 1.165) is 16.7 Å². The molecule has 0 aliphatic carbocycles. The molecule has 3 aromatic carbocycles. The number of hydrogen-bond acceptors (Lipinski definition) is 4. The van der Waals surface area contributed by atoms with Crippen molar-refractivity contribution in [2.75, 3.05) is 6.54 Å². The summed E-state index contributed by atoms with van der Waals surface area (Å²) in [7, 11) is 0. The number of rotatable bonds is 7. The quantitative estimate of drug-likeness (QED) is 0.451. The van der Waals surface area contributed by atoms with Crippen LogP contribution >= 0.6 is 0 Å². The van der Waals surface area contributed by atoms with E-state index in [9.17, 15) is 19.3 Å². The van der Waals surface area contributed by atoms with Gasteiger partial charge in [0.05, 0.1) is 11.0 Å². The monoisotopic (exact) mass is 433 g/mol. The van der Waals surface area contributed by atoms with Gasteiger partial charge in [-0.05, 0) is 41.7 Å². The standard InChI is InChI=1S/C25H24FN3O3/c26-22-11-9-18(10-12-22)13-14-27-25(30)24-15-19-5-1-2-6-20(19)16-28(24)17-21-7-3-4-8-23(21)29(31)32/h1-12,24H,13-17H2,(H,27,30)/t24-/m1/s1. The molecule has 6 nitrogen and oxygen atoms in total. The van der Waals surface area contributed by atoms with E-state index in [1.54, 1.807) is 30.3 Å². The van der Waals surface area contributed by atoms with Crippen molar-refractivity contribution in [3.05, 3.63) is 111 Å². The van der Waals surface area contributed by atoms with Crippen LogP contribution in [0.15, 0.2) is 72.8 Å². The molecule has 1 heterocycles. The lowest BCUT2D eigenvalue weighted by Crippen LogP contribution is -2.50. The number of para-hydroxylation sites is 1. The zero-order valence-corrected chi connectivity index (χ0v) is 17.5. The fourth-order valence-corrected chi connectivity index (χ4v) is 4.14. The highest BCUT2D eigenvalue weighted by molar-refractivity contribution is 5.82. The zero-order valence-electron chi connectivity index (χ0n) is 17.5. The number of nitro benzene ring substituents is 1. The third-order valence-electron chi connectivity index (χ3n) is 5.84. The molecule has 0 saturated heterocycles. The van der Waals surface area contributed by atoms with Crippen molar-refractivity contribution in [3.8, 4) is 0 Å². The number of carbonyl (C=O) groups excluding carboxylic acids is 1. The average Bonchev–Trinajstić information content (AvgIpc) is 2.80. The van der Waals surface area contributed by atoms with Crippen LogP contribution in [-0.4, -0.2) is 28.3 Å². The Hall–Kier alpha value is -3.58. The summed E-state index contributed by atoms with van der Waals surface area (Å²) in [5.41, 5.74) is 3.83. The van der Waals surface area contributed by atoms with Gasteiger partial charge in [-0.2, -0.15) is 0 Å². The van der Waals surface area contributed by atoms with Crippen molar-refractivity contribution in [3.63, 3.8) is 0 Å². The van der Waals surface area contributed by atoms with Crippen LogP contribution in [-0.2, 0) is 30.7 Å². The normalized spacial score (nSPS) is 15.7. The van der Waals surface area contributed by atoms with E-state index in [2.05, 4.69) is 5.32 Å². The number of hydrogen-bond donors (Lipinski definition) is 1. The molecule has 0 aromatic heterocycles. The third kappa shape index (κ3) is 5.00. The molecular weight excluding hydrogens is 409 g/mol. The summed E-state index contributed by atoms with van der Waals surface area (Å²) in [5.74, 6) is -0.399. The van der Waals surface area contributed by atoms with Gasteiger partial charge in [-0.25, -0.2) is 4.39 Å². The highest BCUT2D eigenvalue weighted by Crippen LogP contribution is 2.27. The number of benzene rings is 3. The molecule has 1 atom stereocenters. The summed E-state index contributed by atoms with van der Waals surface area (Å²) in [4.78, 5) is 26.2. The Morgan fingerprint density at radius 2 is 1.72 bits per heavy atom. The van der Waals surface area contributed by atoms with Gasteiger partial charge in [0.15, 0.2) is 0 Å². The van der Waals surface area contributed by atoms with E-state index in [1.807, 2.05) is 29.2 Å². The number of carbonyl (C=O) groups is 1. The second kappa shape index (κ2) is 9.70. The molecule has 1 aliphatic rings. The number of nitrogens with zero attached hydrogens (tertiary/aromatic N) is 2. The topological polar surface area (TPSA) is 75.5 Å². The summed E-state index contributed by atoms with van der Waals surface area (Å²) < 4.78 is 13.1. The first-order valence-corrected chi connectivity index (χ1v) is 10.6. The number of amides is 1. The molecule has 0 unspecified atom stereocenters. The Balaban J connectivity index is 1.50. The maximum absolute atomic E-state index is 13.1. The smallest absolute Gasteiger partial charge is 0.273 e. The van der Waals surface area contributed by atoms with Gasteiger partial charge in [-0.1, -0.05) is 54.6 Å². The molecular formula is C25H24FN3O3. The molecule has 1 aliphatic heterocycles. The molecule has 0 spiro atoms. The lowest BCUT2D eigenvalue weighted by atomic mass is 9.93. The molecule has 0 bridgehead atoms. The second-order valence-corrected chi connectivity index (χ2v) is 7.95. The summed E-state index contributed by atoms with van der Waals surface area (Å²) in [6.07, 6.45) is 1.14. The van der Waals surface area contributed by atoms with Crippen molar-refractivity contribution in [2.24, 2.45) is 0 Å². The van der Waals surface area contributed by atoms with E-state index >= 15 is 0 Å². The molecule has 1 N–H and O–H groups in total. The van der Waals surface area contributed by atoms with Crippen LogP contribution in [0.4, 0.5) is 10.1 Å². The van der Waals surface area contributed by atoms with Crippen molar-refractivity contribution in [2.45, 2.75) is 32.0 Å². The molecule has 4 rings (SSSR count). The first-order chi connectivity index (χ1) is 15.5. The first kappa shape index (κ1) is 21.6. The number of fused-ring (bicyclic) bond motifs is 1. The van der Waals surface area contributed by atoms with Crippen molar-refractivity contribution >= 4 is 11.6 Å². The van der Waals surface area contributed by atoms with Crippen LogP contribution in [0.25, 0.3) is 0 Å². The minimum Gasteiger partial charge on any atom is -0.354 e. The Labute approximate surface area is 185 Å². The largest absolute Gasteiger partial charge is 0.354 e. The molecule has 3 aromatic rings. The van der Waals surface area contributed by atoms with E-state index in [0.29, 0.717) is 38.0 Å². The van der Waals surface area contributed by atoms with Gasteiger partial charge in [0.25, 0.3) is 5.69 Å². The van der Waals surface area contributed by atoms with Crippen molar-refractivity contribution < 1.29 is 14.1 Å². The Bertz CT molecular complexity index is 1120. The second-order valence-electron chi connectivity index (χ2n) is 7.95. The lowest BCUT2D eigenvalue weighted by molar-refractivity contribution is -0.385. The average molecular weight is 433 g/mol. The summed E-state index contributed by atoms with van der Waals surface area (Å²) in [6, 6.07) is 20.4. The van der Waals surface area contributed by atoms with Crippen LogP contribution in [0, 0.1) is 15.9 Å². The van der Waals surface area contributed by atoms with E-state index in [-0.39, 0.29) is 22.3 Å². The van der Waals surface area contributed by atoms with Crippen LogP contribution < -0.4 is 5.32 Å². The van der Waals surface area contributed by atoms with Gasteiger partial charge in [0, 0.05) is 31.3 Å². The zero-order chi connectivity index (χ0) is 22.5. The predicted octanol–water partition coefficient (Wildman–Crippen LogP) is 4.02. The highest BCUT2D eigenvalue weighted by Gasteiger charge is 2.32. The van der Waals surface area contributed by atoms with E-state index < -0.39 is 6.04 Å². The summed E-state index contributed by atoms with van der Waals surface area (Å²) in [6.45, 7) is 1.28. The van der Waals surface area contributed by atoms with Gasteiger partial charge < -0.3 is 5.32 Å². The van der Waals surface area contributed by atoms with Gasteiger partial charge in [-0.3, -0.25) is 19.8 Å². The minimum atomic E-state index is -0.432. The SMILES string of the molecule is O=C(NCCc1ccc(F)cc1)[C@H]1Cc2ccccc2CN1Cc1ccccc1[N+](=O)[O-]. The molecule has 164 valence electrons. The van der Waals surface area contributed by atoms with Crippen molar-refractivity contribution in [1.82, 2.24) is 10.2 Å². The number of halogens is 1. The molecule has 7 heteroatoms. The Morgan fingerprint density at radius 1 is 1.03 bits per heavy atom. The van der Waals surface area contributed by atoms with Gasteiger partial charge >= 0.3 is 0 Å². The van der Waals surface area contributed by atoms with Gasteiger partial charge in [0.1, 0.15) is 5.82 Å². The third-order valence-corrected chi connectivity index (χ3v) is 5.84. The van der Waals surface area contributed by atoms with Crippen LogP contribution in [0.2, 0.25) is 0 Å². The van der Waals surface area contributed by atoms with Crippen LogP contribution in [0.5, 0.6) is 0 Å². The molecule has 1 amide bonds. The van der Waals surface area contributed by atoms with E-state index in [1.165, 1.54) is 18.2 Å². The predicted molar refractivity (Wildman–Crippen MR) is 119 cm³/mol. The van der Waals surface area contributed by atoms with Gasteiger partial charge in [0.2, 0.25) is 5.91 Å². The maximum atomic E-state index is 13.1. The Morgan fingerprint density at radius 3 is 2.47 bits per heavy atom. The molecule has 0 radical (unpaired) electrons. The minimum absolute atomic E-state index is 0.0572. The van der Waals surface area contributed by atoms with Crippen LogP contribution in [0.1, 0.15) is 22.3 Å². The fourth-order valence-electron chi connectivity index (χ4n) is 4.14. The Kier molecular flexibility index (Phi) is 6.56. The first-order valence-electron chi connectivity index (χ1n) is 10.6.